The normalized spacial score (nSPS) is 18.4. The van der Waals surface area contributed by atoms with E-state index in [0.29, 0.717) is 12.3 Å². The lowest BCUT2D eigenvalue weighted by atomic mass is 10.1. The number of aryl methyl sites for hydroxylation is 1. The Morgan fingerprint density at radius 2 is 2.43 bits per heavy atom. The van der Waals surface area contributed by atoms with E-state index in [0.717, 1.165) is 18.8 Å². The molecule has 0 spiro atoms. The summed E-state index contributed by atoms with van der Waals surface area (Å²) in [5, 5.41) is 13.9. The van der Waals surface area contributed by atoms with Gasteiger partial charge in [0.2, 0.25) is 0 Å². The maximum Gasteiger partial charge on any atom is 0.138 e. The molecular weight excluding hydrogens is 178 g/mol. The molecule has 1 unspecified atom stereocenters. The van der Waals surface area contributed by atoms with Crippen molar-refractivity contribution in [2.45, 2.75) is 45.3 Å². The van der Waals surface area contributed by atoms with Crippen LogP contribution in [0.4, 0.5) is 0 Å². The summed E-state index contributed by atoms with van der Waals surface area (Å²) in [6, 6.07) is 0. The average molecular weight is 195 g/mol. The van der Waals surface area contributed by atoms with E-state index in [2.05, 4.69) is 17.0 Å². The molecule has 1 aromatic rings. The highest BCUT2D eigenvalue weighted by atomic mass is 16.3. The second-order valence-electron chi connectivity index (χ2n) is 4.01. The summed E-state index contributed by atoms with van der Waals surface area (Å²) in [7, 11) is 0. The third kappa shape index (κ3) is 2.12. The predicted octanol–water partition coefficient (Wildman–Crippen LogP) is 1.00. The molecule has 1 heterocycles. The first-order chi connectivity index (χ1) is 6.81. The Bertz CT molecular complexity index is 293. The maximum atomic E-state index is 9.77. The van der Waals surface area contributed by atoms with Crippen LogP contribution in [-0.4, -0.2) is 26.0 Å². The van der Waals surface area contributed by atoms with Crippen LogP contribution in [0, 0.1) is 5.92 Å². The molecule has 1 saturated carbocycles. The summed E-state index contributed by atoms with van der Waals surface area (Å²) < 4.78 is 1.89. The number of aliphatic hydroxyl groups excluding tert-OH is 1. The van der Waals surface area contributed by atoms with Gasteiger partial charge in [0.05, 0.1) is 6.10 Å². The average Bonchev–Trinajstić information content (AvgIpc) is 2.93. The smallest absolute Gasteiger partial charge is 0.138 e. The van der Waals surface area contributed by atoms with Crippen molar-refractivity contribution in [1.29, 1.82) is 0 Å². The summed E-state index contributed by atoms with van der Waals surface area (Å²) in [5.41, 5.74) is 0. The van der Waals surface area contributed by atoms with E-state index in [-0.39, 0.29) is 6.10 Å². The van der Waals surface area contributed by atoms with Gasteiger partial charge in [0, 0.05) is 13.0 Å². The molecule has 1 aromatic heterocycles. The van der Waals surface area contributed by atoms with Gasteiger partial charge in [0.15, 0.2) is 0 Å². The second-order valence-corrected chi connectivity index (χ2v) is 4.01. The molecule has 0 bridgehead atoms. The summed E-state index contributed by atoms with van der Waals surface area (Å²) in [6.07, 6.45) is 5.41. The first-order valence-electron chi connectivity index (χ1n) is 5.36. The van der Waals surface area contributed by atoms with Gasteiger partial charge in [-0.3, -0.25) is 4.68 Å². The number of nitrogens with zero attached hydrogens (tertiary/aromatic N) is 3. The zero-order chi connectivity index (χ0) is 9.97. The molecule has 1 N–H and O–H groups in total. The van der Waals surface area contributed by atoms with Gasteiger partial charge in [-0.2, -0.15) is 5.10 Å². The number of aromatic nitrogens is 3. The molecule has 0 saturated heterocycles. The molecule has 1 fully saturated rings. The van der Waals surface area contributed by atoms with Crippen LogP contribution in [0.5, 0.6) is 0 Å². The van der Waals surface area contributed by atoms with Gasteiger partial charge in [-0.05, 0) is 25.2 Å². The quantitative estimate of drug-likeness (QED) is 0.762. The summed E-state index contributed by atoms with van der Waals surface area (Å²) in [4.78, 5) is 4.18. The fourth-order valence-electron chi connectivity index (χ4n) is 1.68. The van der Waals surface area contributed by atoms with Crippen molar-refractivity contribution in [1.82, 2.24) is 14.8 Å². The summed E-state index contributed by atoms with van der Waals surface area (Å²) in [5.74, 6) is 1.44. The molecule has 2 rings (SSSR count). The van der Waals surface area contributed by atoms with Crippen molar-refractivity contribution in [3.05, 3.63) is 12.2 Å². The molecular formula is C10H17N3O. The highest BCUT2D eigenvalue weighted by Crippen LogP contribution is 2.33. The molecule has 0 aliphatic heterocycles. The van der Waals surface area contributed by atoms with Crippen molar-refractivity contribution >= 4 is 0 Å². The topological polar surface area (TPSA) is 50.9 Å². The minimum Gasteiger partial charge on any atom is -0.392 e. The molecule has 0 radical (unpaired) electrons. The molecule has 4 nitrogen and oxygen atoms in total. The van der Waals surface area contributed by atoms with E-state index in [1.54, 1.807) is 6.33 Å². The van der Waals surface area contributed by atoms with Crippen molar-refractivity contribution in [2.24, 2.45) is 5.92 Å². The molecule has 14 heavy (non-hydrogen) atoms. The van der Waals surface area contributed by atoms with Crippen LogP contribution in [-0.2, 0) is 13.0 Å². The first-order valence-corrected chi connectivity index (χ1v) is 5.36. The third-order valence-electron chi connectivity index (χ3n) is 2.69. The van der Waals surface area contributed by atoms with E-state index < -0.39 is 0 Å². The molecule has 0 amide bonds. The van der Waals surface area contributed by atoms with Gasteiger partial charge in [-0.25, -0.2) is 4.98 Å². The Morgan fingerprint density at radius 3 is 3.07 bits per heavy atom. The third-order valence-corrected chi connectivity index (χ3v) is 2.69. The summed E-state index contributed by atoms with van der Waals surface area (Å²) in [6.45, 7) is 3.01. The van der Waals surface area contributed by atoms with Crippen LogP contribution in [0.1, 0.15) is 32.0 Å². The van der Waals surface area contributed by atoms with Gasteiger partial charge >= 0.3 is 0 Å². The first kappa shape index (κ1) is 9.65. The summed E-state index contributed by atoms with van der Waals surface area (Å²) >= 11 is 0. The number of hydrogen-bond donors (Lipinski definition) is 1. The minimum atomic E-state index is -0.213. The number of aliphatic hydroxyl groups is 1. The molecule has 4 heteroatoms. The highest BCUT2D eigenvalue weighted by Gasteiger charge is 2.30. The van der Waals surface area contributed by atoms with Gasteiger partial charge < -0.3 is 5.11 Å². The van der Waals surface area contributed by atoms with Crippen molar-refractivity contribution in [3.63, 3.8) is 0 Å². The van der Waals surface area contributed by atoms with Crippen LogP contribution in [0.25, 0.3) is 0 Å². The highest BCUT2D eigenvalue weighted by molar-refractivity contribution is 4.92. The maximum absolute atomic E-state index is 9.77. The van der Waals surface area contributed by atoms with E-state index >= 15 is 0 Å². The van der Waals surface area contributed by atoms with Gasteiger partial charge in [-0.15, -0.1) is 0 Å². The lowest BCUT2D eigenvalue weighted by molar-refractivity contribution is 0.147. The Labute approximate surface area is 84.0 Å². The van der Waals surface area contributed by atoms with Crippen LogP contribution >= 0.6 is 0 Å². The fraction of sp³-hybridized carbons (Fsp3) is 0.800. The van der Waals surface area contributed by atoms with Gasteiger partial charge in [0.1, 0.15) is 12.2 Å². The molecule has 0 aromatic carbocycles. The van der Waals surface area contributed by atoms with Crippen LogP contribution < -0.4 is 0 Å². The van der Waals surface area contributed by atoms with E-state index in [9.17, 15) is 5.11 Å². The van der Waals surface area contributed by atoms with Crippen molar-refractivity contribution < 1.29 is 5.11 Å². The lowest BCUT2D eigenvalue weighted by Gasteiger charge is -2.09. The minimum absolute atomic E-state index is 0.213. The Balaban J connectivity index is 1.96. The Morgan fingerprint density at radius 1 is 1.64 bits per heavy atom. The Kier molecular flexibility index (Phi) is 2.82. The SMILES string of the molecule is CCCn1ncnc1CC(O)C1CC1. The van der Waals surface area contributed by atoms with Crippen LogP contribution in [0.15, 0.2) is 6.33 Å². The lowest BCUT2D eigenvalue weighted by Crippen LogP contribution is -2.17. The van der Waals surface area contributed by atoms with Crippen LogP contribution in [0.2, 0.25) is 0 Å². The largest absolute Gasteiger partial charge is 0.392 e. The number of hydrogen-bond acceptors (Lipinski definition) is 3. The monoisotopic (exact) mass is 195 g/mol. The molecule has 78 valence electrons. The van der Waals surface area contributed by atoms with Gasteiger partial charge in [-0.1, -0.05) is 6.92 Å². The number of rotatable bonds is 5. The van der Waals surface area contributed by atoms with Crippen molar-refractivity contribution in [2.75, 3.05) is 0 Å². The molecule has 1 aliphatic carbocycles. The zero-order valence-corrected chi connectivity index (χ0v) is 8.56. The van der Waals surface area contributed by atoms with Gasteiger partial charge in [0.25, 0.3) is 0 Å². The van der Waals surface area contributed by atoms with E-state index in [1.807, 2.05) is 4.68 Å². The predicted molar refractivity (Wildman–Crippen MR) is 52.7 cm³/mol. The molecule has 1 atom stereocenters. The second kappa shape index (κ2) is 4.09. The van der Waals surface area contributed by atoms with Crippen molar-refractivity contribution in [3.8, 4) is 0 Å². The zero-order valence-electron chi connectivity index (χ0n) is 8.56. The van der Waals surface area contributed by atoms with Crippen LogP contribution in [0.3, 0.4) is 0 Å². The standard InChI is InChI=1S/C10H17N3O/c1-2-5-13-10(11-7-12-13)6-9(14)8-3-4-8/h7-9,14H,2-6H2,1H3. The molecule has 1 aliphatic rings. The van der Waals surface area contributed by atoms with E-state index in [1.165, 1.54) is 12.8 Å². The van der Waals surface area contributed by atoms with E-state index in [4.69, 9.17) is 0 Å². The Hall–Kier alpha value is -0.900. The fourth-order valence-corrected chi connectivity index (χ4v) is 1.68.